The van der Waals surface area contributed by atoms with Crippen molar-refractivity contribution in [1.29, 1.82) is 0 Å². The van der Waals surface area contributed by atoms with Gasteiger partial charge in [0, 0.05) is 12.1 Å². The van der Waals surface area contributed by atoms with Gasteiger partial charge in [0.1, 0.15) is 0 Å². The van der Waals surface area contributed by atoms with Crippen LogP contribution in [0.1, 0.15) is 40.5 Å². The third kappa shape index (κ3) is 3.59. The molecule has 0 heterocycles. The lowest BCUT2D eigenvalue weighted by Crippen LogP contribution is -2.40. The topological polar surface area (TPSA) is 3.24 Å². The average Bonchev–Trinajstić information content (AvgIpc) is 2.05. The largest absolute Gasteiger partial charge is 0.311 e. The van der Waals surface area contributed by atoms with Crippen molar-refractivity contribution >= 4 is 20.1 Å². The Balaban J connectivity index is 3.92. The number of hydrogen-bond donors (Lipinski definition) is 0. The molecule has 0 aromatic rings. The van der Waals surface area contributed by atoms with E-state index in [1.54, 1.807) is 0 Å². The second-order valence-electron chi connectivity index (χ2n) is 3.15. The third-order valence-electron chi connectivity index (χ3n) is 2.45. The van der Waals surface area contributed by atoms with Crippen LogP contribution in [0.25, 0.3) is 0 Å². The van der Waals surface area contributed by atoms with E-state index in [4.69, 9.17) is 11.1 Å². The Labute approximate surface area is 77.7 Å². The van der Waals surface area contributed by atoms with Gasteiger partial charge in [0.05, 0.1) is 0 Å². The van der Waals surface area contributed by atoms with E-state index in [0.717, 1.165) is 0 Å². The maximum Gasteiger partial charge on any atom is 0.198 e. The van der Waals surface area contributed by atoms with Crippen molar-refractivity contribution in [1.82, 2.24) is 4.57 Å². The Kier molecular flexibility index (Phi) is 6.29. The number of rotatable bonds is 5. The van der Waals surface area contributed by atoms with Crippen LogP contribution in [0.2, 0.25) is 0 Å². The molecule has 0 amide bonds. The number of hydrogen-bond acceptors (Lipinski definition) is 1. The maximum atomic E-state index is 5.98. The zero-order valence-corrected chi connectivity index (χ0v) is 10.3. The van der Waals surface area contributed by atoms with Gasteiger partial charge in [-0.1, -0.05) is 27.7 Å². The minimum Gasteiger partial charge on any atom is -0.311 e. The molecule has 1 nitrogen and oxygen atoms in total. The van der Waals surface area contributed by atoms with E-state index in [1.807, 2.05) is 0 Å². The van der Waals surface area contributed by atoms with E-state index in [9.17, 15) is 0 Å². The Bertz CT molecular complexity index is 90.1. The first-order chi connectivity index (χ1) is 5.17. The molecular weight excluding hydrogens is 174 g/mol. The SMILES string of the molecule is CCC(C)N([SiH2]Cl)C(C)CC. The van der Waals surface area contributed by atoms with E-state index in [0.29, 0.717) is 12.1 Å². The maximum absolute atomic E-state index is 5.98. The summed E-state index contributed by atoms with van der Waals surface area (Å²) in [5.41, 5.74) is 0. The molecule has 0 saturated heterocycles. The van der Waals surface area contributed by atoms with Crippen molar-refractivity contribution in [3.63, 3.8) is 0 Å². The fourth-order valence-corrected chi connectivity index (χ4v) is 3.54. The molecule has 0 bridgehead atoms. The van der Waals surface area contributed by atoms with E-state index >= 15 is 0 Å². The predicted molar refractivity (Wildman–Crippen MR) is 55.7 cm³/mol. The number of halogens is 1. The van der Waals surface area contributed by atoms with Crippen LogP contribution >= 0.6 is 11.1 Å². The molecular formula is C8H20ClNSi. The number of nitrogens with zero attached hydrogens (tertiary/aromatic N) is 1. The van der Waals surface area contributed by atoms with Gasteiger partial charge in [0.25, 0.3) is 0 Å². The first-order valence-electron chi connectivity index (χ1n) is 4.49. The van der Waals surface area contributed by atoms with Crippen LogP contribution in [0.5, 0.6) is 0 Å². The standard InChI is InChI=1S/C8H20ClNSi/c1-5-7(3)10(11-9)8(4)6-2/h7-8H,5-6,11H2,1-4H3. The summed E-state index contributed by atoms with van der Waals surface area (Å²) in [7, 11) is -0.483. The molecule has 0 aliphatic rings. The Hall–Kier alpha value is 0.467. The summed E-state index contributed by atoms with van der Waals surface area (Å²) in [5.74, 6) is 0. The smallest absolute Gasteiger partial charge is 0.198 e. The second-order valence-corrected chi connectivity index (χ2v) is 4.83. The van der Waals surface area contributed by atoms with Crippen LogP contribution in [-0.2, 0) is 0 Å². The quantitative estimate of drug-likeness (QED) is 0.478. The van der Waals surface area contributed by atoms with Gasteiger partial charge in [0.2, 0.25) is 0 Å². The lowest BCUT2D eigenvalue weighted by atomic mass is 10.2. The van der Waals surface area contributed by atoms with E-state index in [1.165, 1.54) is 12.8 Å². The molecule has 0 aliphatic heterocycles. The van der Waals surface area contributed by atoms with Crippen molar-refractivity contribution in [2.75, 3.05) is 0 Å². The molecule has 0 spiro atoms. The van der Waals surface area contributed by atoms with Gasteiger partial charge < -0.3 is 4.57 Å². The minimum absolute atomic E-state index is 0.483. The Morgan fingerprint density at radius 3 is 1.73 bits per heavy atom. The summed E-state index contributed by atoms with van der Waals surface area (Å²) in [4.78, 5) is 0. The van der Waals surface area contributed by atoms with Gasteiger partial charge in [-0.2, -0.15) is 11.1 Å². The normalized spacial score (nSPS) is 18.0. The molecule has 0 aromatic heterocycles. The van der Waals surface area contributed by atoms with Crippen LogP contribution in [0.4, 0.5) is 0 Å². The molecule has 0 aromatic carbocycles. The van der Waals surface area contributed by atoms with Crippen LogP contribution in [0.3, 0.4) is 0 Å². The second kappa shape index (κ2) is 6.04. The van der Waals surface area contributed by atoms with Crippen LogP contribution < -0.4 is 0 Å². The molecule has 2 unspecified atom stereocenters. The molecule has 0 radical (unpaired) electrons. The molecule has 0 N–H and O–H groups in total. The van der Waals surface area contributed by atoms with Gasteiger partial charge in [-0.25, -0.2) is 0 Å². The van der Waals surface area contributed by atoms with E-state index in [2.05, 4.69) is 32.3 Å². The van der Waals surface area contributed by atoms with Gasteiger partial charge in [-0.15, -0.1) is 0 Å². The van der Waals surface area contributed by atoms with Gasteiger partial charge in [-0.05, 0) is 12.8 Å². The lowest BCUT2D eigenvalue weighted by Gasteiger charge is -2.31. The third-order valence-corrected chi connectivity index (χ3v) is 4.80. The van der Waals surface area contributed by atoms with Gasteiger partial charge in [0.15, 0.2) is 8.99 Å². The van der Waals surface area contributed by atoms with Crippen molar-refractivity contribution in [3.8, 4) is 0 Å². The highest BCUT2D eigenvalue weighted by Gasteiger charge is 2.15. The fourth-order valence-electron chi connectivity index (χ4n) is 1.14. The molecule has 68 valence electrons. The van der Waals surface area contributed by atoms with E-state index in [-0.39, 0.29) is 0 Å². The molecule has 11 heavy (non-hydrogen) atoms. The lowest BCUT2D eigenvalue weighted by molar-refractivity contribution is 0.273. The summed E-state index contributed by atoms with van der Waals surface area (Å²) in [6.45, 7) is 8.98. The molecule has 3 heteroatoms. The minimum atomic E-state index is -0.483. The summed E-state index contributed by atoms with van der Waals surface area (Å²) in [6, 6.07) is 1.35. The first-order valence-corrected chi connectivity index (χ1v) is 7.26. The molecule has 2 atom stereocenters. The highest BCUT2D eigenvalue weighted by molar-refractivity contribution is 6.92. The van der Waals surface area contributed by atoms with Crippen molar-refractivity contribution < 1.29 is 0 Å². The van der Waals surface area contributed by atoms with Crippen molar-refractivity contribution in [2.45, 2.75) is 52.6 Å². The van der Waals surface area contributed by atoms with Crippen molar-refractivity contribution in [3.05, 3.63) is 0 Å². The van der Waals surface area contributed by atoms with Gasteiger partial charge in [-0.3, -0.25) is 0 Å². The zero-order chi connectivity index (χ0) is 8.85. The average molecular weight is 194 g/mol. The first kappa shape index (κ1) is 11.5. The zero-order valence-electron chi connectivity index (χ0n) is 8.10. The molecule has 0 rings (SSSR count). The van der Waals surface area contributed by atoms with Crippen LogP contribution in [0.15, 0.2) is 0 Å². The molecule has 0 saturated carbocycles. The fraction of sp³-hybridized carbons (Fsp3) is 1.00. The summed E-state index contributed by atoms with van der Waals surface area (Å²) >= 11 is 5.98. The van der Waals surface area contributed by atoms with Crippen molar-refractivity contribution in [2.24, 2.45) is 0 Å². The van der Waals surface area contributed by atoms with E-state index < -0.39 is 8.99 Å². The predicted octanol–water partition coefficient (Wildman–Crippen LogP) is 2.12. The van der Waals surface area contributed by atoms with Gasteiger partial charge >= 0.3 is 0 Å². The highest BCUT2D eigenvalue weighted by atomic mass is 35.6. The monoisotopic (exact) mass is 193 g/mol. The van der Waals surface area contributed by atoms with Crippen LogP contribution in [0, 0.1) is 0 Å². The summed E-state index contributed by atoms with van der Waals surface area (Å²) in [5, 5.41) is 0. The summed E-state index contributed by atoms with van der Waals surface area (Å²) < 4.78 is 2.47. The highest BCUT2D eigenvalue weighted by Crippen LogP contribution is 2.10. The Morgan fingerprint density at radius 2 is 1.55 bits per heavy atom. The summed E-state index contributed by atoms with van der Waals surface area (Å²) in [6.07, 6.45) is 2.42. The Morgan fingerprint density at radius 1 is 1.18 bits per heavy atom. The molecule has 0 fully saturated rings. The van der Waals surface area contributed by atoms with Crippen LogP contribution in [-0.4, -0.2) is 25.6 Å². The molecule has 0 aliphatic carbocycles.